The molecular formula is C14H11ClN2O5S. The summed E-state index contributed by atoms with van der Waals surface area (Å²) in [5, 5.41) is 23.2. The standard InChI is InChI=1S/C14H11ClN2O5S/c15-11-3-1-10(2-4-11)14(16-18)9-23(21,22)13-7-5-12(6-8-13)17(19)20/h1-8,18H,9H2/b16-14+. The average Bonchev–Trinajstić information content (AvgIpc) is 2.53. The fraction of sp³-hybridized carbons (Fsp3) is 0.0714. The van der Waals surface area contributed by atoms with Crippen molar-refractivity contribution in [2.24, 2.45) is 5.16 Å². The summed E-state index contributed by atoms with van der Waals surface area (Å²) in [6, 6.07) is 10.6. The summed E-state index contributed by atoms with van der Waals surface area (Å²) in [6.45, 7) is 0. The smallest absolute Gasteiger partial charge is 0.269 e. The maximum atomic E-state index is 12.3. The van der Waals surface area contributed by atoms with Crippen LogP contribution in [0.5, 0.6) is 0 Å². The fourth-order valence-corrected chi connectivity index (χ4v) is 3.28. The van der Waals surface area contributed by atoms with Crippen LogP contribution in [0.2, 0.25) is 5.02 Å². The van der Waals surface area contributed by atoms with Gasteiger partial charge in [-0.2, -0.15) is 0 Å². The minimum atomic E-state index is -3.82. The average molecular weight is 355 g/mol. The molecule has 0 bridgehead atoms. The Morgan fingerprint density at radius 2 is 1.70 bits per heavy atom. The molecule has 2 rings (SSSR count). The highest BCUT2D eigenvalue weighted by molar-refractivity contribution is 7.92. The Morgan fingerprint density at radius 3 is 2.17 bits per heavy atom. The van der Waals surface area contributed by atoms with E-state index in [2.05, 4.69) is 5.16 Å². The van der Waals surface area contributed by atoms with Crippen molar-refractivity contribution in [3.8, 4) is 0 Å². The summed E-state index contributed by atoms with van der Waals surface area (Å²) in [4.78, 5) is 9.87. The molecule has 0 amide bonds. The Balaban J connectivity index is 2.28. The van der Waals surface area contributed by atoms with E-state index in [-0.39, 0.29) is 16.3 Å². The number of rotatable bonds is 5. The van der Waals surface area contributed by atoms with Crippen molar-refractivity contribution in [3.05, 3.63) is 69.2 Å². The third-order valence-corrected chi connectivity index (χ3v) is 4.93. The van der Waals surface area contributed by atoms with Crippen molar-refractivity contribution >= 4 is 32.8 Å². The maximum absolute atomic E-state index is 12.3. The Kier molecular flexibility index (Phi) is 4.97. The lowest BCUT2D eigenvalue weighted by molar-refractivity contribution is -0.384. The van der Waals surface area contributed by atoms with Crippen LogP contribution in [-0.4, -0.2) is 30.0 Å². The summed E-state index contributed by atoms with van der Waals surface area (Å²) in [6.07, 6.45) is 0. The van der Waals surface area contributed by atoms with Crippen LogP contribution >= 0.6 is 11.6 Å². The Bertz CT molecular complexity index is 846. The molecule has 0 saturated carbocycles. The third kappa shape index (κ3) is 4.05. The highest BCUT2D eigenvalue weighted by Crippen LogP contribution is 2.19. The summed E-state index contributed by atoms with van der Waals surface area (Å²) in [5.74, 6) is -0.553. The predicted octanol–water partition coefficient (Wildman–Crippen LogP) is 2.90. The van der Waals surface area contributed by atoms with E-state index in [1.54, 1.807) is 12.1 Å². The number of hydrogen-bond acceptors (Lipinski definition) is 6. The van der Waals surface area contributed by atoms with Gasteiger partial charge in [0.15, 0.2) is 9.84 Å². The predicted molar refractivity (Wildman–Crippen MR) is 84.9 cm³/mol. The van der Waals surface area contributed by atoms with Gasteiger partial charge in [0, 0.05) is 22.7 Å². The minimum Gasteiger partial charge on any atom is -0.411 e. The van der Waals surface area contributed by atoms with Crippen LogP contribution in [0, 0.1) is 10.1 Å². The van der Waals surface area contributed by atoms with Gasteiger partial charge in [0.25, 0.3) is 5.69 Å². The molecule has 120 valence electrons. The van der Waals surface area contributed by atoms with E-state index < -0.39 is 20.5 Å². The van der Waals surface area contributed by atoms with E-state index >= 15 is 0 Å². The van der Waals surface area contributed by atoms with Crippen LogP contribution in [0.25, 0.3) is 0 Å². The van der Waals surface area contributed by atoms with Gasteiger partial charge in [-0.05, 0) is 24.3 Å². The number of oxime groups is 1. The van der Waals surface area contributed by atoms with Crippen molar-refractivity contribution in [1.29, 1.82) is 0 Å². The van der Waals surface area contributed by atoms with Gasteiger partial charge in [-0.1, -0.05) is 28.9 Å². The molecule has 0 radical (unpaired) electrons. The molecule has 0 spiro atoms. The number of benzene rings is 2. The van der Waals surface area contributed by atoms with Gasteiger partial charge in [-0.25, -0.2) is 8.42 Å². The van der Waals surface area contributed by atoms with Gasteiger partial charge in [-0.15, -0.1) is 0 Å². The van der Waals surface area contributed by atoms with E-state index in [1.165, 1.54) is 12.1 Å². The van der Waals surface area contributed by atoms with Gasteiger partial charge in [-0.3, -0.25) is 10.1 Å². The van der Waals surface area contributed by atoms with Crippen LogP contribution in [0.3, 0.4) is 0 Å². The Morgan fingerprint density at radius 1 is 1.13 bits per heavy atom. The highest BCUT2D eigenvalue weighted by Gasteiger charge is 2.20. The molecule has 0 saturated heterocycles. The van der Waals surface area contributed by atoms with Gasteiger partial charge in [0.2, 0.25) is 0 Å². The Labute approximate surface area is 136 Å². The van der Waals surface area contributed by atoms with Gasteiger partial charge >= 0.3 is 0 Å². The van der Waals surface area contributed by atoms with Crippen molar-refractivity contribution in [2.45, 2.75) is 4.90 Å². The van der Waals surface area contributed by atoms with Crippen molar-refractivity contribution < 1.29 is 18.5 Å². The summed E-state index contributed by atoms with van der Waals surface area (Å²) in [5.41, 5.74) is 0.139. The molecular weight excluding hydrogens is 344 g/mol. The molecule has 0 aliphatic carbocycles. The first kappa shape index (κ1) is 16.9. The topological polar surface area (TPSA) is 110 Å². The minimum absolute atomic E-state index is 0.0555. The second kappa shape index (κ2) is 6.76. The first-order valence-electron chi connectivity index (χ1n) is 6.27. The number of sulfone groups is 1. The molecule has 2 aromatic carbocycles. The van der Waals surface area contributed by atoms with E-state index in [1.807, 2.05) is 0 Å². The molecule has 2 aromatic rings. The van der Waals surface area contributed by atoms with E-state index in [4.69, 9.17) is 16.8 Å². The fourth-order valence-electron chi connectivity index (χ4n) is 1.85. The molecule has 9 heteroatoms. The molecule has 0 atom stereocenters. The lowest BCUT2D eigenvalue weighted by atomic mass is 10.1. The van der Waals surface area contributed by atoms with E-state index in [9.17, 15) is 18.5 Å². The van der Waals surface area contributed by atoms with E-state index in [0.717, 1.165) is 24.3 Å². The molecule has 23 heavy (non-hydrogen) atoms. The van der Waals surface area contributed by atoms with Crippen LogP contribution in [-0.2, 0) is 9.84 Å². The van der Waals surface area contributed by atoms with Crippen molar-refractivity contribution in [1.82, 2.24) is 0 Å². The van der Waals surface area contributed by atoms with Crippen LogP contribution in [0.15, 0.2) is 58.6 Å². The second-order valence-corrected chi connectivity index (χ2v) is 6.99. The molecule has 0 aromatic heterocycles. The van der Waals surface area contributed by atoms with Crippen molar-refractivity contribution in [3.63, 3.8) is 0 Å². The summed E-state index contributed by atoms with van der Waals surface area (Å²) in [7, 11) is -3.82. The van der Waals surface area contributed by atoms with Crippen LogP contribution in [0.4, 0.5) is 5.69 Å². The number of nitro benzene ring substituents is 1. The van der Waals surface area contributed by atoms with E-state index in [0.29, 0.717) is 10.6 Å². The third-order valence-electron chi connectivity index (χ3n) is 3.03. The van der Waals surface area contributed by atoms with Crippen molar-refractivity contribution in [2.75, 3.05) is 5.75 Å². The zero-order valence-electron chi connectivity index (χ0n) is 11.6. The zero-order valence-corrected chi connectivity index (χ0v) is 13.2. The highest BCUT2D eigenvalue weighted by atomic mass is 35.5. The molecule has 0 unspecified atom stereocenters. The monoisotopic (exact) mass is 354 g/mol. The largest absolute Gasteiger partial charge is 0.411 e. The second-order valence-electron chi connectivity index (χ2n) is 4.56. The first-order valence-corrected chi connectivity index (χ1v) is 8.30. The lowest BCUT2D eigenvalue weighted by Gasteiger charge is -2.07. The number of non-ortho nitro benzene ring substituents is 1. The molecule has 0 aliphatic heterocycles. The Hall–Kier alpha value is -2.45. The summed E-state index contributed by atoms with van der Waals surface area (Å²) < 4.78 is 24.7. The first-order chi connectivity index (χ1) is 10.8. The normalized spacial score (nSPS) is 12.1. The molecule has 0 heterocycles. The molecule has 0 aliphatic rings. The van der Waals surface area contributed by atoms with Gasteiger partial charge < -0.3 is 5.21 Å². The lowest BCUT2D eigenvalue weighted by Crippen LogP contribution is -2.17. The quantitative estimate of drug-likeness (QED) is 0.384. The maximum Gasteiger partial charge on any atom is 0.269 e. The molecule has 0 fully saturated rings. The SMILES string of the molecule is O=[N+]([O-])c1ccc(S(=O)(=O)C/C(=N\O)c2ccc(Cl)cc2)cc1. The van der Waals surface area contributed by atoms with Crippen LogP contribution in [0.1, 0.15) is 5.56 Å². The number of halogens is 1. The number of hydrogen-bond donors (Lipinski definition) is 1. The number of nitrogens with zero attached hydrogens (tertiary/aromatic N) is 2. The number of nitro groups is 1. The van der Waals surface area contributed by atoms with Gasteiger partial charge in [0.1, 0.15) is 11.5 Å². The molecule has 7 nitrogen and oxygen atoms in total. The zero-order chi connectivity index (χ0) is 17.0. The summed E-state index contributed by atoms with van der Waals surface area (Å²) >= 11 is 5.75. The molecule has 1 N–H and O–H groups in total. The van der Waals surface area contributed by atoms with Crippen LogP contribution < -0.4 is 0 Å². The van der Waals surface area contributed by atoms with Gasteiger partial charge in [0.05, 0.1) is 9.82 Å².